The van der Waals surface area contributed by atoms with Gasteiger partial charge in [-0.2, -0.15) is 5.10 Å². The summed E-state index contributed by atoms with van der Waals surface area (Å²) in [4.78, 5) is 10.8. The maximum atomic E-state index is 10.8. The predicted molar refractivity (Wildman–Crippen MR) is 54.4 cm³/mol. The van der Waals surface area contributed by atoms with Crippen molar-refractivity contribution in [1.82, 2.24) is 9.78 Å². The maximum Gasteiger partial charge on any atom is 0.153 e. The van der Waals surface area contributed by atoms with Crippen molar-refractivity contribution in [1.29, 1.82) is 0 Å². The SMILES string of the molecule is CC(C)Cn1cc(C=O)c(C2CC2)n1. The molecule has 2 rings (SSSR count). The van der Waals surface area contributed by atoms with E-state index in [1.54, 1.807) is 0 Å². The van der Waals surface area contributed by atoms with E-state index in [-0.39, 0.29) is 0 Å². The molecule has 1 saturated carbocycles. The summed E-state index contributed by atoms with van der Waals surface area (Å²) in [5.74, 6) is 1.13. The fraction of sp³-hybridized carbons (Fsp3) is 0.636. The van der Waals surface area contributed by atoms with Gasteiger partial charge in [-0.3, -0.25) is 9.48 Å². The Morgan fingerprint density at radius 3 is 2.86 bits per heavy atom. The van der Waals surface area contributed by atoms with E-state index in [4.69, 9.17) is 0 Å². The lowest BCUT2D eigenvalue weighted by molar-refractivity contribution is 0.112. The van der Waals surface area contributed by atoms with Gasteiger partial charge in [0, 0.05) is 18.7 Å². The molecule has 1 aromatic rings. The summed E-state index contributed by atoms with van der Waals surface area (Å²) in [6.07, 6.45) is 5.19. The molecule has 0 bridgehead atoms. The number of aromatic nitrogens is 2. The zero-order valence-electron chi connectivity index (χ0n) is 8.73. The first kappa shape index (κ1) is 9.44. The van der Waals surface area contributed by atoms with Gasteiger partial charge in [-0.25, -0.2) is 0 Å². The van der Waals surface area contributed by atoms with E-state index in [0.29, 0.717) is 11.8 Å². The van der Waals surface area contributed by atoms with Gasteiger partial charge in [-0.1, -0.05) is 13.8 Å². The number of hydrogen-bond donors (Lipinski definition) is 0. The number of carbonyl (C=O) groups is 1. The quantitative estimate of drug-likeness (QED) is 0.686. The van der Waals surface area contributed by atoms with E-state index in [9.17, 15) is 4.79 Å². The van der Waals surface area contributed by atoms with Crippen LogP contribution in [0.3, 0.4) is 0 Å². The Hall–Kier alpha value is -1.12. The van der Waals surface area contributed by atoms with Crippen molar-refractivity contribution in [3.63, 3.8) is 0 Å². The van der Waals surface area contributed by atoms with Crippen molar-refractivity contribution >= 4 is 6.29 Å². The van der Waals surface area contributed by atoms with Gasteiger partial charge in [0.15, 0.2) is 6.29 Å². The highest BCUT2D eigenvalue weighted by Gasteiger charge is 2.29. The smallest absolute Gasteiger partial charge is 0.153 e. The Labute approximate surface area is 84.1 Å². The van der Waals surface area contributed by atoms with Crippen LogP contribution in [0.4, 0.5) is 0 Å². The minimum Gasteiger partial charge on any atom is -0.298 e. The van der Waals surface area contributed by atoms with E-state index in [1.807, 2.05) is 10.9 Å². The van der Waals surface area contributed by atoms with Gasteiger partial charge >= 0.3 is 0 Å². The van der Waals surface area contributed by atoms with Crippen LogP contribution in [0.2, 0.25) is 0 Å². The summed E-state index contributed by atoms with van der Waals surface area (Å²) < 4.78 is 1.90. The van der Waals surface area contributed by atoms with Crippen LogP contribution < -0.4 is 0 Å². The highest BCUT2D eigenvalue weighted by atomic mass is 16.1. The molecule has 0 aromatic carbocycles. The maximum absolute atomic E-state index is 10.8. The van der Waals surface area contributed by atoms with Crippen molar-refractivity contribution in [3.05, 3.63) is 17.5 Å². The van der Waals surface area contributed by atoms with Gasteiger partial charge < -0.3 is 0 Å². The molecule has 1 aromatic heterocycles. The minimum atomic E-state index is 0.559. The second kappa shape index (κ2) is 3.56. The van der Waals surface area contributed by atoms with E-state index in [1.165, 1.54) is 12.8 Å². The molecule has 0 unspecified atom stereocenters. The lowest BCUT2D eigenvalue weighted by atomic mass is 10.2. The van der Waals surface area contributed by atoms with Gasteiger partial charge in [0.05, 0.1) is 11.3 Å². The largest absolute Gasteiger partial charge is 0.298 e. The van der Waals surface area contributed by atoms with E-state index >= 15 is 0 Å². The molecule has 76 valence electrons. The molecule has 1 fully saturated rings. The molecule has 0 aliphatic heterocycles. The van der Waals surface area contributed by atoms with Gasteiger partial charge in [0.1, 0.15) is 0 Å². The van der Waals surface area contributed by atoms with Crippen LogP contribution in [-0.4, -0.2) is 16.1 Å². The molecule has 1 aliphatic carbocycles. The molecule has 1 aliphatic rings. The summed E-state index contributed by atoms with van der Waals surface area (Å²) in [6.45, 7) is 5.20. The Balaban J connectivity index is 2.21. The Bertz CT molecular complexity index is 337. The average molecular weight is 192 g/mol. The fourth-order valence-electron chi connectivity index (χ4n) is 1.68. The Kier molecular flexibility index (Phi) is 2.40. The number of hydrogen-bond acceptors (Lipinski definition) is 2. The molecule has 0 saturated heterocycles. The van der Waals surface area contributed by atoms with Crippen molar-refractivity contribution in [2.45, 2.75) is 39.2 Å². The van der Waals surface area contributed by atoms with E-state index < -0.39 is 0 Å². The normalized spacial score (nSPS) is 16.2. The van der Waals surface area contributed by atoms with Gasteiger partial charge in [0.2, 0.25) is 0 Å². The topological polar surface area (TPSA) is 34.9 Å². The van der Waals surface area contributed by atoms with Crippen LogP contribution in [-0.2, 0) is 6.54 Å². The summed E-state index contributed by atoms with van der Waals surface area (Å²) >= 11 is 0. The van der Waals surface area contributed by atoms with Crippen molar-refractivity contribution in [3.8, 4) is 0 Å². The first-order chi connectivity index (χ1) is 6.70. The third-order valence-electron chi connectivity index (χ3n) is 2.46. The molecular formula is C11H16N2O. The van der Waals surface area contributed by atoms with Gasteiger partial charge in [-0.05, 0) is 18.8 Å². The van der Waals surface area contributed by atoms with Gasteiger partial charge in [-0.15, -0.1) is 0 Å². The first-order valence-electron chi connectivity index (χ1n) is 5.23. The molecule has 14 heavy (non-hydrogen) atoms. The fourth-order valence-corrected chi connectivity index (χ4v) is 1.68. The summed E-state index contributed by atoms with van der Waals surface area (Å²) in [7, 11) is 0. The zero-order valence-corrected chi connectivity index (χ0v) is 8.73. The Morgan fingerprint density at radius 1 is 1.64 bits per heavy atom. The third-order valence-corrected chi connectivity index (χ3v) is 2.46. The highest BCUT2D eigenvalue weighted by Crippen LogP contribution is 2.40. The highest BCUT2D eigenvalue weighted by molar-refractivity contribution is 5.76. The summed E-state index contributed by atoms with van der Waals surface area (Å²) in [5, 5.41) is 4.47. The summed E-state index contributed by atoms with van der Waals surface area (Å²) in [5.41, 5.74) is 1.80. The standard InChI is InChI=1S/C11H16N2O/c1-8(2)5-13-6-10(7-14)11(12-13)9-3-4-9/h6-9H,3-5H2,1-2H3. The number of nitrogens with zero attached hydrogens (tertiary/aromatic N) is 2. The molecule has 1 heterocycles. The van der Waals surface area contributed by atoms with Crippen LogP contribution >= 0.6 is 0 Å². The average Bonchev–Trinajstić information content (AvgIpc) is 2.88. The molecule has 3 heteroatoms. The van der Waals surface area contributed by atoms with Crippen LogP contribution in [0.15, 0.2) is 6.20 Å². The monoisotopic (exact) mass is 192 g/mol. The number of carbonyl (C=O) groups excluding carboxylic acids is 1. The Morgan fingerprint density at radius 2 is 2.36 bits per heavy atom. The predicted octanol–water partition coefficient (Wildman–Crippen LogP) is 2.23. The lowest BCUT2D eigenvalue weighted by Gasteiger charge is -2.03. The number of rotatable bonds is 4. The van der Waals surface area contributed by atoms with Crippen LogP contribution in [0, 0.1) is 5.92 Å². The molecule has 0 N–H and O–H groups in total. The molecule has 3 nitrogen and oxygen atoms in total. The summed E-state index contributed by atoms with van der Waals surface area (Å²) in [6, 6.07) is 0. The third kappa shape index (κ3) is 1.86. The number of aldehydes is 1. The van der Waals surface area contributed by atoms with Crippen molar-refractivity contribution in [2.75, 3.05) is 0 Å². The van der Waals surface area contributed by atoms with E-state index in [0.717, 1.165) is 24.1 Å². The lowest BCUT2D eigenvalue weighted by Crippen LogP contribution is -2.04. The van der Waals surface area contributed by atoms with Crippen LogP contribution in [0.5, 0.6) is 0 Å². The molecule has 0 atom stereocenters. The van der Waals surface area contributed by atoms with E-state index in [2.05, 4.69) is 18.9 Å². The molecule has 0 amide bonds. The second-order valence-corrected chi connectivity index (χ2v) is 4.48. The van der Waals surface area contributed by atoms with Crippen LogP contribution in [0.25, 0.3) is 0 Å². The zero-order chi connectivity index (χ0) is 10.1. The molecule has 0 spiro atoms. The van der Waals surface area contributed by atoms with Crippen LogP contribution in [0.1, 0.15) is 48.7 Å². The first-order valence-corrected chi connectivity index (χ1v) is 5.23. The molecule has 0 radical (unpaired) electrons. The molecular weight excluding hydrogens is 176 g/mol. The minimum absolute atomic E-state index is 0.559. The second-order valence-electron chi connectivity index (χ2n) is 4.48. The van der Waals surface area contributed by atoms with Gasteiger partial charge in [0.25, 0.3) is 0 Å². The van der Waals surface area contributed by atoms with Crippen molar-refractivity contribution in [2.24, 2.45) is 5.92 Å². The van der Waals surface area contributed by atoms with Crippen molar-refractivity contribution < 1.29 is 4.79 Å².